The summed E-state index contributed by atoms with van der Waals surface area (Å²) in [6.07, 6.45) is -1.84. The van der Waals surface area contributed by atoms with Gasteiger partial charge in [0, 0.05) is 11.2 Å². The van der Waals surface area contributed by atoms with Gasteiger partial charge in [-0.05, 0) is 13.3 Å². The van der Waals surface area contributed by atoms with E-state index in [4.69, 9.17) is 19.7 Å². The Hall–Kier alpha value is -1.29. The van der Waals surface area contributed by atoms with Gasteiger partial charge in [-0.1, -0.05) is 6.92 Å². The minimum Gasteiger partial charge on any atom is -0.449 e. The highest BCUT2D eigenvalue weighted by atomic mass is 32.2. The first kappa shape index (κ1) is 17.5. The van der Waals surface area contributed by atoms with E-state index in [-0.39, 0.29) is 41.7 Å². The quantitative estimate of drug-likeness (QED) is 0.482. The minimum absolute atomic E-state index is 0.0541. The van der Waals surface area contributed by atoms with Crippen molar-refractivity contribution in [3.05, 3.63) is 10.8 Å². The summed E-state index contributed by atoms with van der Waals surface area (Å²) in [4.78, 5) is 25.4. The van der Waals surface area contributed by atoms with E-state index in [9.17, 15) is 14.7 Å². The minimum atomic E-state index is -1.47. The SMILES string of the molecule is CC(O)[C@@H]1C(=O)N2C(OC(=O)O)=C(S[C@H]3COC(CO)C3)[C@@H](C)[C@@H]12. The Morgan fingerprint density at radius 1 is 1.54 bits per heavy atom. The number of carbonyl (C=O) groups is 2. The average molecular weight is 359 g/mol. The standard InChI is InChI=1S/C15H21NO7S/c1-6-11-10(7(2)18)13(19)16(11)14(23-15(20)21)12(6)24-9-3-8(4-17)22-5-9/h6-11,17-18H,3-5H2,1-2H3,(H,20,21)/t6-,7?,8?,9+,10-,11-/m0/s1. The Morgan fingerprint density at radius 2 is 2.25 bits per heavy atom. The molecule has 0 saturated carbocycles. The topological polar surface area (TPSA) is 117 Å². The zero-order chi connectivity index (χ0) is 17.6. The Labute approximate surface area is 143 Å². The molecule has 3 heterocycles. The predicted octanol–water partition coefficient (Wildman–Crippen LogP) is 0.591. The molecule has 3 aliphatic rings. The number of carbonyl (C=O) groups excluding carboxylic acids is 1. The molecule has 0 aromatic heterocycles. The van der Waals surface area contributed by atoms with E-state index >= 15 is 0 Å². The monoisotopic (exact) mass is 359 g/mol. The van der Waals surface area contributed by atoms with Gasteiger partial charge in [-0.3, -0.25) is 9.69 Å². The van der Waals surface area contributed by atoms with Gasteiger partial charge in [0.2, 0.25) is 11.8 Å². The molecule has 2 fully saturated rings. The molecule has 24 heavy (non-hydrogen) atoms. The van der Waals surface area contributed by atoms with E-state index in [0.29, 0.717) is 17.9 Å². The maximum atomic E-state index is 12.3. The van der Waals surface area contributed by atoms with Gasteiger partial charge in [-0.25, -0.2) is 4.79 Å². The smallest absolute Gasteiger partial charge is 0.449 e. The molecule has 3 rings (SSSR count). The van der Waals surface area contributed by atoms with Gasteiger partial charge in [0.25, 0.3) is 0 Å². The third kappa shape index (κ3) is 2.79. The second kappa shape index (κ2) is 6.55. The van der Waals surface area contributed by atoms with Crippen LogP contribution in [0.5, 0.6) is 0 Å². The van der Waals surface area contributed by atoms with Gasteiger partial charge < -0.3 is 24.8 Å². The molecule has 0 aliphatic carbocycles. The van der Waals surface area contributed by atoms with Crippen LogP contribution in [0.2, 0.25) is 0 Å². The van der Waals surface area contributed by atoms with Crippen molar-refractivity contribution in [1.29, 1.82) is 0 Å². The van der Waals surface area contributed by atoms with Crippen molar-refractivity contribution in [2.75, 3.05) is 13.2 Å². The average Bonchev–Trinajstić information content (AvgIpc) is 3.03. The number of thioether (sulfide) groups is 1. The molecule has 0 bridgehead atoms. The van der Waals surface area contributed by atoms with Crippen molar-refractivity contribution in [2.45, 2.75) is 43.8 Å². The second-order valence-electron chi connectivity index (χ2n) is 6.40. The summed E-state index contributed by atoms with van der Waals surface area (Å²) in [5.74, 6) is -0.936. The lowest BCUT2D eigenvalue weighted by Gasteiger charge is -2.45. The lowest BCUT2D eigenvalue weighted by molar-refractivity contribution is -0.163. The molecule has 8 nitrogen and oxygen atoms in total. The van der Waals surface area contributed by atoms with E-state index < -0.39 is 18.2 Å². The third-order valence-electron chi connectivity index (χ3n) is 4.79. The maximum absolute atomic E-state index is 12.3. The fraction of sp³-hybridized carbons (Fsp3) is 0.733. The lowest BCUT2D eigenvalue weighted by atomic mass is 9.79. The fourth-order valence-electron chi connectivity index (χ4n) is 3.66. The van der Waals surface area contributed by atoms with Gasteiger partial charge in [0.05, 0.1) is 42.3 Å². The normalized spacial score (nSPS) is 36.6. The molecule has 2 saturated heterocycles. The number of fused-ring (bicyclic) bond motifs is 1. The van der Waals surface area contributed by atoms with Crippen LogP contribution in [0.1, 0.15) is 20.3 Å². The molecule has 3 aliphatic heterocycles. The van der Waals surface area contributed by atoms with Gasteiger partial charge in [0.1, 0.15) is 0 Å². The summed E-state index contributed by atoms with van der Waals surface area (Å²) < 4.78 is 10.4. The Kier molecular flexibility index (Phi) is 4.78. The van der Waals surface area contributed by atoms with E-state index in [1.807, 2.05) is 6.92 Å². The summed E-state index contributed by atoms with van der Waals surface area (Å²) in [6, 6.07) is -0.287. The summed E-state index contributed by atoms with van der Waals surface area (Å²) in [5.41, 5.74) is 0. The van der Waals surface area contributed by atoms with Crippen LogP contribution in [0.4, 0.5) is 4.79 Å². The van der Waals surface area contributed by atoms with Gasteiger partial charge in [0.15, 0.2) is 0 Å². The van der Waals surface area contributed by atoms with Crippen LogP contribution < -0.4 is 0 Å². The van der Waals surface area contributed by atoms with Crippen LogP contribution in [0, 0.1) is 11.8 Å². The van der Waals surface area contributed by atoms with Crippen LogP contribution >= 0.6 is 11.8 Å². The van der Waals surface area contributed by atoms with Crippen molar-refractivity contribution in [3.63, 3.8) is 0 Å². The van der Waals surface area contributed by atoms with E-state index in [1.165, 1.54) is 16.7 Å². The van der Waals surface area contributed by atoms with Crippen LogP contribution in [0.15, 0.2) is 10.8 Å². The number of aliphatic hydroxyl groups is 2. The summed E-state index contributed by atoms with van der Waals surface area (Å²) >= 11 is 1.44. The Bertz CT molecular complexity index is 578. The molecule has 9 heteroatoms. The van der Waals surface area contributed by atoms with Crippen molar-refractivity contribution < 1.29 is 34.4 Å². The van der Waals surface area contributed by atoms with Crippen molar-refractivity contribution >= 4 is 23.8 Å². The number of carboxylic acid groups (broad SMARTS) is 1. The largest absolute Gasteiger partial charge is 0.512 e. The molecule has 134 valence electrons. The van der Waals surface area contributed by atoms with Crippen LogP contribution in [0.25, 0.3) is 0 Å². The number of β-lactam (4-membered cyclic amide) rings is 1. The Balaban J connectivity index is 1.83. The van der Waals surface area contributed by atoms with E-state index in [1.54, 1.807) is 6.92 Å². The zero-order valence-electron chi connectivity index (χ0n) is 13.4. The number of rotatable bonds is 5. The first-order valence-corrected chi connectivity index (χ1v) is 8.78. The number of nitrogens with zero attached hydrogens (tertiary/aromatic N) is 1. The summed E-state index contributed by atoms with van der Waals surface area (Å²) in [5, 5.41) is 28.1. The first-order chi connectivity index (χ1) is 11.3. The second-order valence-corrected chi connectivity index (χ2v) is 7.75. The van der Waals surface area contributed by atoms with Crippen LogP contribution in [0.3, 0.4) is 0 Å². The zero-order valence-corrected chi connectivity index (χ0v) is 14.2. The van der Waals surface area contributed by atoms with Crippen LogP contribution in [-0.2, 0) is 14.3 Å². The Morgan fingerprint density at radius 3 is 2.79 bits per heavy atom. The van der Waals surface area contributed by atoms with Gasteiger partial charge in [-0.15, -0.1) is 11.8 Å². The fourth-order valence-corrected chi connectivity index (χ4v) is 5.08. The molecular weight excluding hydrogens is 338 g/mol. The van der Waals surface area contributed by atoms with E-state index in [2.05, 4.69) is 0 Å². The lowest BCUT2D eigenvalue weighted by Crippen LogP contribution is -2.63. The molecular formula is C15H21NO7S. The number of hydrogen-bond donors (Lipinski definition) is 3. The number of aliphatic hydroxyl groups excluding tert-OH is 2. The van der Waals surface area contributed by atoms with Crippen LogP contribution in [-0.4, -0.2) is 69.0 Å². The van der Waals surface area contributed by atoms with Crippen molar-refractivity contribution in [3.8, 4) is 0 Å². The molecule has 0 aromatic carbocycles. The van der Waals surface area contributed by atoms with Gasteiger partial charge in [-0.2, -0.15) is 0 Å². The highest BCUT2D eigenvalue weighted by molar-refractivity contribution is 8.03. The highest BCUT2D eigenvalue weighted by Crippen LogP contribution is 2.52. The van der Waals surface area contributed by atoms with E-state index in [0.717, 1.165) is 0 Å². The third-order valence-corrected chi connectivity index (χ3v) is 6.25. The number of ether oxygens (including phenoxy) is 2. The van der Waals surface area contributed by atoms with Crippen molar-refractivity contribution in [1.82, 2.24) is 4.90 Å². The molecule has 0 aromatic rings. The molecule has 1 amide bonds. The van der Waals surface area contributed by atoms with Crippen molar-refractivity contribution in [2.24, 2.45) is 11.8 Å². The highest BCUT2D eigenvalue weighted by Gasteiger charge is 2.60. The number of amides is 1. The summed E-state index contributed by atoms with van der Waals surface area (Å²) in [7, 11) is 0. The predicted molar refractivity (Wildman–Crippen MR) is 83.9 cm³/mol. The van der Waals surface area contributed by atoms with Gasteiger partial charge >= 0.3 is 6.16 Å². The summed E-state index contributed by atoms with van der Waals surface area (Å²) in [6.45, 7) is 3.86. The molecule has 3 N–H and O–H groups in total. The first-order valence-electron chi connectivity index (χ1n) is 7.90. The molecule has 6 atom stereocenters. The molecule has 0 radical (unpaired) electrons. The molecule has 2 unspecified atom stereocenters. The maximum Gasteiger partial charge on any atom is 0.512 e. The molecule has 0 spiro atoms. The number of hydrogen-bond acceptors (Lipinski definition) is 7.